The molecule has 7 heteroatoms. The molecule has 27 heavy (non-hydrogen) atoms. The lowest BCUT2D eigenvalue weighted by Gasteiger charge is -2.36. The standard InChI is InChI=1S/C18H28N2O.C2H2O4/c1-2-21-18-8-4-3-7-16(18)15-19-13-9-17(10-14-19)20-11-5-6-12-20;3-1(4)2(5)6/h3-4,7-8,17H,2,5-6,9-15H2,1H3;(H,3,4)(H,5,6). The molecule has 2 N–H and O–H groups in total. The molecule has 3 rings (SSSR count). The Morgan fingerprint density at radius 2 is 1.63 bits per heavy atom. The molecule has 0 spiro atoms. The number of hydrogen-bond acceptors (Lipinski definition) is 5. The molecule has 2 saturated heterocycles. The van der Waals surface area contributed by atoms with E-state index in [1.807, 2.05) is 0 Å². The Hall–Kier alpha value is -2.12. The molecule has 0 bridgehead atoms. The van der Waals surface area contributed by atoms with Crippen molar-refractivity contribution >= 4 is 11.9 Å². The SMILES string of the molecule is CCOc1ccccc1CN1CCC(N2CCCC2)CC1.O=C(O)C(=O)O. The molecular weight excluding hydrogens is 348 g/mol. The first kappa shape index (κ1) is 21.2. The van der Waals surface area contributed by atoms with Crippen molar-refractivity contribution in [3.8, 4) is 5.75 Å². The van der Waals surface area contributed by atoms with E-state index in [1.54, 1.807) is 0 Å². The Kier molecular flexibility index (Phi) is 8.54. The predicted molar refractivity (Wildman–Crippen MR) is 102 cm³/mol. The van der Waals surface area contributed by atoms with Gasteiger partial charge in [-0.2, -0.15) is 0 Å². The Labute approximate surface area is 160 Å². The number of benzene rings is 1. The van der Waals surface area contributed by atoms with Crippen molar-refractivity contribution in [2.75, 3.05) is 32.8 Å². The quantitative estimate of drug-likeness (QED) is 0.760. The second kappa shape index (κ2) is 10.9. The van der Waals surface area contributed by atoms with E-state index >= 15 is 0 Å². The summed E-state index contributed by atoms with van der Waals surface area (Å²) in [5, 5.41) is 14.8. The van der Waals surface area contributed by atoms with E-state index in [0.29, 0.717) is 0 Å². The molecule has 0 unspecified atom stereocenters. The second-order valence-electron chi connectivity index (χ2n) is 6.90. The van der Waals surface area contributed by atoms with Crippen LogP contribution in [0.3, 0.4) is 0 Å². The molecule has 0 saturated carbocycles. The summed E-state index contributed by atoms with van der Waals surface area (Å²) in [5.74, 6) is -2.59. The summed E-state index contributed by atoms with van der Waals surface area (Å²) in [7, 11) is 0. The van der Waals surface area contributed by atoms with Crippen molar-refractivity contribution in [2.45, 2.75) is 45.2 Å². The third kappa shape index (κ3) is 6.84. The number of ether oxygens (including phenoxy) is 1. The van der Waals surface area contributed by atoms with E-state index in [4.69, 9.17) is 24.5 Å². The number of hydrogen-bond donors (Lipinski definition) is 2. The fourth-order valence-electron chi connectivity index (χ4n) is 3.72. The number of likely N-dealkylation sites (tertiary alicyclic amines) is 2. The Morgan fingerprint density at radius 3 is 2.19 bits per heavy atom. The molecule has 0 aromatic heterocycles. The van der Waals surface area contributed by atoms with Gasteiger partial charge in [0.1, 0.15) is 5.75 Å². The Bertz CT molecular complexity index is 596. The third-order valence-electron chi connectivity index (χ3n) is 5.06. The van der Waals surface area contributed by atoms with Gasteiger partial charge in [0, 0.05) is 18.2 Å². The number of para-hydroxylation sites is 1. The molecule has 0 atom stereocenters. The maximum absolute atomic E-state index is 9.10. The molecule has 2 fully saturated rings. The zero-order chi connectivity index (χ0) is 19.6. The first-order valence-corrected chi connectivity index (χ1v) is 9.64. The topological polar surface area (TPSA) is 90.3 Å². The molecule has 7 nitrogen and oxygen atoms in total. The zero-order valence-corrected chi connectivity index (χ0v) is 16.0. The van der Waals surface area contributed by atoms with Gasteiger partial charge in [0.2, 0.25) is 0 Å². The molecule has 2 heterocycles. The van der Waals surface area contributed by atoms with Crippen molar-refractivity contribution in [3.63, 3.8) is 0 Å². The smallest absolute Gasteiger partial charge is 0.414 e. The predicted octanol–water partition coefficient (Wildman–Crippen LogP) is 2.30. The minimum absolute atomic E-state index is 0.744. The number of carbonyl (C=O) groups is 2. The van der Waals surface area contributed by atoms with E-state index in [-0.39, 0.29) is 0 Å². The lowest BCUT2D eigenvalue weighted by Crippen LogP contribution is -2.43. The van der Waals surface area contributed by atoms with Gasteiger partial charge in [-0.3, -0.25) is 4.90 Å². The summed E-state index contributed by atoms with van der Waals surface area (Å²) >= 11 is 0. The molecule has 150 valence electrons. The summed E-state index contributed by atoms with van der Waals surface area (Å²) < 4.78 is 5.75. The van der Waals surface area contributed by atoms with Crippen molar-refractivity contribution in [3.05, 3.63) is 29.8 Å². The molecule has 2 aliphatic heterocycles. The highest BCUT2D eigenvalue weighted by atomic mass is 16.5. The van der Waals surface area contributed by atoms with Crippen LogP contribution in [0.1, 0.15) is 38.2 Å². The summed E-state index contributed by atoms with van der Waals surface area (Å²) in [6.07, 6.45) is 5.47. The minimum Gasteiger partial charge on any atom is -0.494 e. The molecule has 0 amide bonds. The van der Waals surface area contributed by atoms with Crippen LogP contribution < -0.4 is 4.74 Å². The van der Waals surface area contributed by atoms with Crippen LogP contribution in [0, 0.1) is 0 Å². The second-order valence-corrected chi connectivity index (χ2v) is 6.90. The maximum Gasteiger partial charge on any atom is 0.414 e. The van der Waals surface area contributed by atoms with Gasteiger partial charge < -0.3 is 19.8 Å². The Morgan fingerprint density at radius 1 is 1.04 bits per heavy atom. The van der Waals surface area contributed by atoms with Gasteiger partial charge in [0.25, 0.3) is 0 Å². The highest BCUT2D eigenvalue weighted by molar-refractivity contribution is 6.27. The van der Waals surface area contributed by atoms with E-state index < -0.39 is 11.9 Å². The van der Waals surface area contributed by atoms with Gasteiger partial charge in [0.05, 0.1) is 6.61 Å². The van der Waals surface area contributed by atoms with Crippen molar-refractivity contribution in [1.82, 2.24) is 9.80 Å². The van der Waals surface area contributed by atoms with Gasteiger partial charge >= 0.3 is 11.9 Å². The monoisotopic (exact) mass is 378 g/mol. The van der Waals surface area contributed by atoms with Crippen LogP contribution in [-0.4, -0.2) is 70.8 Å². The number of carboxylic acid groups (broad SMARTS) is 2. The van der Waals surface area contributed by atoms with Crippen LogP contribution in [-0.2, 0) is 16.1 Å². The van der Waals surface area contributed by atoms with Gasteiger partial charge in [-0.25, -0.2) is 9.59 Å². The van der Waals surface area contributed by atoms with Gasteiger partial charge in [-0.15, -0.1) is 0 Å². The van der Waals surface area contributed by atoms with Crippen molar-refractivity contribution < 1.29 is 24.5 Å². The number of aliphatic carboxylic acids is 2. The van der Waals surface area contributed by atoms with Crippen LogP contribution >= 0.6 is 0 Å². The molecular formula is C20H30N2O5. The van der Waals surface area contributed by atoms with Gasteiger partial charge in [-0.05, 0) is 64.9 Å². The first-order chi connectivity index (χ1) is 13.0. The van der Waals surface area contributed by atoms with Crippen LogP contribution in [0.15, 0.2) is 24.3 Å². The lowest BCUT2D eigenvalue weighted by atomic mass is 10.0. The lowest BCUT2D eigenvalue weighted by molar-refractivity contribution is -0.159. The zero-order valence-electron chi connectivity index (χ0n) is 16.0. The maximum atomic E-state index is 9.10. The van der Waals surface area contributed by atoms with Crippen LogP contribution in [0.25, 0.3) is 0 Å². The van der Waals surface area contributed by atoms with Crippen LogP contribution in [0.5, 0.6) is 5.75 Å². The number of nitrogens with zero attached hydrogens (tertiary/aromatic N) is 2. The van der Waals surface area contributed by atoms with Crippen LogP contribution in [0.4, 0.5) is 0 Å². The highest BCUT2D eigenvalue weighted by Gasteiger charge is 2.26. The molecule has 1 aromatic carbocycles. The normalized spacial score (nSPS) is 18.6. The molecule has 0 aliphatic carbocycles. The molecule has 0 radical (unpaired) electrons. The molecule has 2 aliphatic rings. The fraction of sp³-hybridized carbons (Fsp3) is 0.600. The average Bonchev–Trinajstić information content (AvgIpc) is 3.19. The largest absolute Gasteiger partial charge is 0.494 e. The first-order valence-electron chi connectivity index (χ1n) is 9.64. The van der Waals surface area contributed by atoms with Gasteiger partial charge in [-0.1, -0.05) is 18.2 Å². The highest BCUT2D eigenvalue weighted by Crippen LogP contribution is 2.24. The van der Waals surface area contributed by atoms with E-state index in [0.717, 1.165) is 24.9 Å². The van der Waals surface area contributed by atoms with Gasteiger partial charge in [0.15, 0.2) is 0 Å². The third-order valence-corrected chi connectivity index (χ3v) is 5.06. The van der Waals surface area contributed by atoms with E-state index in [1.165, 1.54) is 57.4 Å². The van der Waals surface area contributed by atoms with Crippen LogP contribution in [0.2, 0.25) is 0 Å². The number of rotatable bonds is 5. The summed E-state index contributed by atoms with van der Waals surface area (Å²) in [4.78, 5) is 23.5. The van der Waals surface area contributed by atoms with Crippen molar-refractivity contribution in [1.29, 1.82) is 0 Å². The van der Waals surface area contributed by atoms with E-state index in [2.05, 4.69) is 41.0 Å². The van der Waals surface area contributed by atoms with E-state index in [9.17, 15) is 0 Å². The fourth-order valence-corrected chi connectivity index (χ4v) is 3.72. The number of piperidine rings is 1. The summed E-state index contributed by atoms with van der Waals surface area (Å²) in [6, 6.07) is 9.32. The number of carboxylic acids is 2. The van der Waals surface area contributed by atoms with Crippen molar-refractivity contribution in [2.24, 2.45) is 0 Å². The summed E-state index contributed by atoms with van der Waals surface area (Å²) in [6.45, 7) is 8.94. The Balaban J connectivity index is 0.000000380. The molecule has 1 aromatic rings. The average molecular weight is 378 g/mol. The summed E-state index contributed by atoms with van der Waals surface area (Å²) in [5.41, 5.74) is 1.33. The minimum atomic E-state index is -1.82.